The molecule has 0 heterocycles. The van der Waals surface area contributed by atoms with Crippen molar-refractivity contribution < 1.29 is 14.3 Å². The summed E-state index contributed by atoms with van der Waals surface area (Å²) in [5, 5.41) is 10.7. The second-order valence-corrected chi connectivity index (χ2v) is 12.0. The van der Waals surface area contributed by atoms with Crippen LogP contribution in [0.1, 0.15) is 21.5 Å². The fourth-order valence-corrected chi connectivity index (χ4v) is 2.74. The van der Waals surface area contributed by atoms with E-state index in [4.69, 9.17) is 14.9 Å². The number of hydrogen-bond donors (Lipinski definition) is 2. The minimum Gasteiger partial charge on any atom is -0.465 e. The van der Waals surface area contributed by atoms with Gasteiger partial charge in [0.25, 0.3) is 0 Å². The maximum Gasteiger partial charge on any atom is 0.338 e. The second kappa shape index (κ2) is 8.10. The molecule has 0 amide bonds. The predicted molar refractivity (Wildman–Crippen MR) is 93.0 cm³/mol. The van der Waals surface area contributed by atoms with E-state index in [1.807, 2.05) is 19.1 Å². The number of methoxy groups -OCH3 is 1. The molecule has 0 saturated carbocycles. The first-order valence-corrected chi connectivity index (χ1v) is 11.0. The third-order valence-corrected chi connectivity index (χ3v) is 5.05. The van der Waals surface area contributed by atoms with Gasteiger partial charge in [-0.3, -0.25) is 0 Å². The van der Waals surface area contributed by atoms with Gasteiger partial charge in [-0.05, 0) is 24.6 Å². The Labute approximate surface area is 133 Å². The van der Waals surface area contributed by atoms with Crippen LogP contribution < -0.4 is 5.32 Å². The van der Waals surface area contributed by atoms with Gasteiger partial charge < -0.3 is 20.2 Å². The number of esters is 1. The van der Waals surface area contributed by atoms with Crippen molar-refractivity contribution in [2.45, 2.75) is 32.6 Å². The van der Waals surface area contributed by atoms with E-state index in [2.05, 4.69) is 25.0 Å². The summed E-state index contributed by atoms with van der Waals surface area (Å²) < 4.78 is 10.4. The first-order chi connectivity index (χ1) is 10.3. The molecule has 0 aliphatic rings. The Bertz CT molecular complexity index is 539. The Morgan fingerprint density at radius 2 is 2.05 bits per heavy atom. The lowest BCUT2D eigenvalue weighted by Gasteiger charge is -2.17. The lowest BCUT2D eigenvalue weighted by atomic mass is 10.0. The normalized spacial score (nSPS) is 11.1. The van der Waals surface area contributed by atoms with Crippen LogP contribution in [-0.2, 0) is 9.47 Å². The molecule has 1 rings (SSSR count). The summed E-state index contributed by atoms with van der Waals surface area (Å²) in [6.07, 6.45) is 1.17. The minimum absolute atomic E-state index is 0.356. The largest absolute Gasteiger partial charge is 0.465 e. The first-order valence-electron chi connectivity index (χ1n) is 7.34. The number of carbonyl (C=O) groups excluding carboxylic acids is 1. The van der Waals surface area contributed by atoms with Crippen LogP contribution in [-0.4, -0.2) is 40.7 Å². The van der Waals surface area contributed by atoms with Crippen molar-refractivity contribution in [2.24, 2.45) is 0 Å². The maximum absolute atomic E-state index is 11.9. The Morgan fingerprint density at radius 1 is 1.36 bits per heavy atom. The van der Waals surface area contributed by atoms with Crippen LogP contribution in [0.3, 0.4) is 0 Å². The highest BCUT2D eigenvalue weighted by molar-refractivity contribution is 6.76. The number of anilines is 1. The van der Waals surface area contributed by atoms with Gasteiger partial charge in [0.05, 0.1) is 12.7 Å². The minimum atomic E-state index is -1.09. The maximum atomic E-state index is 11.9. The van der Waals surface area contributed by atoms with E-state index in [0.717, 1.165) is 18.2 Å². The summed E-state index contributed by atoms with van der Waals surface area (Å²) in [5.41, 5.74) is 2.44. The summed E-state index contributed by atoms with van der Waals surface area (Å²) in [7, 11) is 0.252. The first kappa shape index (κ1) is 18.4. The zero-order valence-electron chi connectivity index (χ0n) is 14.1. The summed E-state index contributed by atoms with van der Waals surface area (Å²) in [6.45, 7) is 9.82. The van der Waals surface area contributed by atoms with Gasteiger partial charge in [0.2, 0.25) is 0 Å². The van der Waals surface area contributed by atoms with E-state index in [9.17, 15) is 4.79 Å². The lowest BCUT2D eigenvalue weighted by molar-refractivity contribution is 0.0599. The van der Waals surface area contributed by atoms with Gasteiger partial charge in [-0.1, -0.05) is 25.7 Å². The van der Waals surface area contributed by atoms with Crippen molar-refractivity contribution in [3.63, 3.8) is 0 Å². The smallest absolute Gasteiger partial charge is 0.338 e. The number of benzene rings is 1. The average Bonchev–Trinajstić information content (AvgIpc) is 2.45. The molecule has 0 bridgehead atoms. The number of ether oxygens (including phenoxy) is 2. The molecule has 0 saturated heterocycles. The molecule has 1 aromatic rings. The molecule has 0 unspecified atom stereocenters. The summed E-state index contributed by atoms with van der Waals surface area (Å²) in [6, 6.07) is 4.79. The number of hydrogen-bond acceptors (Lipinski definition) is 5. The van der Waals surface area contributed by atoms with E-state index in [0.29, 0.717) is 23.5 Å². The molecular weight excluding hydrogens is 296 g/mol. The molecule has 5 nitrogen and oxygen atoms in total. The molecule has 0 aliphatic carbocycles. The summed E-state index contributed by atoms with van der Waals surface area (Å²) in [5.74, 6) is -0.431. The third kappa shape index (κ3) is 5.27. The topological polar surface area (TPSA) is 71.4 Å². The number of carbonyl (C=O) groups is 1. The van der Waals surface area contributed by atoms with Crippen LogP contribution in [0.5, 0.6) is 0 Å². The van der Waals surface area contributed by atoms with E-state index in [-0.39, 0.29) is 0 Å². The molecule has 0 spiro atoms. The van der Waals surface area contributed by atoms with E-state index in [1.54, 1.807) is 0 Å². The zero-order chi connectivity index (χ0) is 16.8. The fraction of sp³-hybridized carbons (Fsp3) is 0.500. The second-order valence-electron chi connectivity index (χ2n) is 6.39. The quantitative estimate of drug-likeness (QED) is 0.253. The zero-order valence-corrected chi connectivity index (χ0v) is 15.1. The van der Waals surface area contributed by atoms with Gasteiger partial charge in [0.1, 0.15) is 6.73 Å². The van der Waals surface area contributed by atoms with Crippen LogP contribution >= 0.6 is 0 Å². The standard InChI is InChI=1S/C16H26N2O3Si/c1-12-6-7-14(13(10-17)15(12)16(19)20-2)18-11-21-8-9-22(3,4)5/h6-7,10,17-18H,8-9,11H2,1-5H3. The molecule has 0 radical (unpaired) electrons. The third-order valence-electron chi connectivity index (χ3n) is 3.35. The number of aryl methyl sites for hydroxylation is 1. The van der Waals surface area contributed by atoms with E-state index in [1.165, 1.54) is 13.3 Å². The Hall–Kier alpha value is -1.66. The Morgan fingerprint density at radius 3 is 2.59 bits per heavy atom. The highest BCUT2D eigenvalue weighted by Gasteiger charge is 2.17. The van der Waals surface area contributed by atoms with Crippen LogP contribution in [0.25, 0.3) is 0 Å². The summed E-state index contributed by atoms with van der Waals surface area (Å²) >= 11 is 0. The molecule has 1 aromatic carbocycles. The molecule has 2 N–H and O–H groups in total. The molecule has 0 atom stereocenters. The van der Waals surface area contributed by atoms with E-state index < -0.39 is 14.0 Å². The van der Waals surface area contributed by atoms with E-state index >= 15 is 0 Å². The predicted octanol–water partition coefficient (Wildman–Crippen LogP) is 3.50. The molecule has 0 aromatic heterocycles. The molecule has 22 heavy (non-hydrogen) atoms. The van der Waals surface area contributed by atoms with Gasteiger partial charge in [-0.25, -0.2) is 4.79 Å². The van der Waals surface area contributed by atoms with Gasteiger partial charge in [0, 0.05) is 32.1 Å². The summed E-state index contributed by atoms with van der Waals surface area (Å²) in [4.78, 5) is 11.9. The van der Waals surface area contributed by atoms with Crippen LogP contribution in [0.4, 0.5) is 5.69 Å². The lowest BCUT2D eigenvalue weighted by Crippen LogP contribution is -2.22. The van der Waals surface area contributed by atoms with Crippen molar-refractivity contribution in [3.8, 4) is 0 Å². The van der Waals surface area contributed by atoms with Gasteiger partial charge >= 0.3 is 5.97 Å². The Kier molecular flexibility index (Phi) is 6.77. The fourth-order valence-electron chi connectivity index (χ4n) is 1.98. The van der Waals surface area contributed by atoms with Crippen molar-refractivity contribution in [2.75, 3.05) is 25.8 Å². The highest BCUT2D eigenvalue weighted by atomic mass is 28.3. The van der Waals surface area contributed by atoms with Gasteiger partial charge in [-0.2, -0.15) is 0 Å². The van der Waals surface area contributed by atoms with Crippen LogP contribution in [0.15, 0.2) is 12.1 Å². The van der Waals surface area contributed by atoms with Crippen molar-refractivity contribution in [1.29, 1.82) is 5.41 Å². The van der Waals surface area contributed by atoms with Crippen molar-refractivity contribution >= 4 is 25.9 Å². The molecule has 6 heteroatoms. The monoisotopic (exact) mass is 322 g/mol. The van der Waals surface area contributed by atoms with Crippen molar-refractivity contribution in [3.05, 3.63) is 28.8 Å². The number of rotatable bonds is 8. The van der Waals surface area contributed by atoms with Crippen LogP contribution in [0.2, 0.25) is 25.7 Å². The molecular formula is C16H26N2O3Si. The van der Waals surface area contributed by atoms with Gasteiger partial charge in [-0.15, -0.1) is 0 Å². The Balaban J connectivity index is 2.75. The molecule has 0 aliphatic heterocycles. The highest BCUT2D eigenvalue weighted by Crippen LogP contribution is 2.22. The SMILES string of the molecule is COC(=O)c1c(C)ccc(NCOCC[Si](C)(C)C)c1C=N. The van der Waals surface area contributed by atoms with Crippen molar-refractivity contribution in [1.82, 2.24) is 0 Å². The average molecular weight is 322 g/mol. The molecule has 0 fully saturated rings. The van der Waals surface area contributed by atoms with Crippen LogP contribution in [0, 0.1) is 12.3 Å². The van der Waals surface area contributed by atoms with Gasteiger partial charge in [0.15, 0.2) is 0 Å². The molecule has 122 valence electrons. The number of nitrogens with one attached hydrogen (secondary N) is 2.